The first kappa shape index (κ1) is 15.7. The number of hydrogen-bond acceptors (Lipinski definition) is 4. The Hall–Kier alpha value is -2.37. The van der Waals surface area contributed by atoms with E-state index in [1.165, 1.54) is 6.07 Å². The SMILES string of the molecule is COC(=O)c1cc(C#N)cc(C(F)(F)F)c1OC(F)F. The lowest BCUT2D eigenvalue weighted by Gasteiger charge is -2.16. The van der Waals surface area contributed by atoms with Crippen LogP contribution in [0.3, 0.4) is 0 Å². The zero-order valence-corrected chi connectivity index (χ0v) is 9.79. The normalized spacial score (nSPS) is 11.1. The number of methoxy groups -OCH3 is 1. The molecular weight excluding hydrogens is 289 g/mol. The first-order chi connectivity index (χ1) is 9.20. The number of halogens is 5. The minimum absolute atomic E-state index is 0.310. The van der Waals surface area contributed by atoms with Gasteiger partial charge in [-0.05, 0) is 12.1 Å². The maximum absolute atomic E-state index is 12.8. The van der Waals surface area contributed by atoms with E-state index in [9.17, 15) is 26.7 Å². The van der Waals surface area contributed by atoms with E-state index >= 15 is 0 Å². The summed E-state index contributed by atoms with van der Waals surface area (Å²) in [6, 6.07) is 2.38. The van der Waals surface area contributed by atoms with Gasteiger partial charge in [0, 0.05) is 0 Å². The van der Waals surface area contributed by atoms with E-state index in [0.717, 1.165) is 7.11 Å². The highest BCUT2D eigenvalue weighted by molar-refractivity contribution is 5.93. The fourth-order valence-electron chi connectivity index (χ4n) is 1.38. The van der Waals surface area contributed by atoms with Crippen LogP contribution in [-0.2, 0) is 10.9 Å². The number of carbonyl (C=O) groups is 1. The molecule has 0 unspecified atom stereocenters. The molecule has 9 heteroatoms. The van der Waals surface area contributed by atoms with Gasteiger partial charge in [-0.2, -0.15) is 27.2 Å². The number of hydrogen-bond donors (Lipinski definition) is 0. The summed E-state index contributed by atoms with van der Waals surface area (Å²) < 4.78 is 70.7. The Kier molecular flexibility index (Phi) is 4.49. The van der Waals surface area contributed by atoms with Gasteiger partial charge in [-0.1, -0.05) is 0 Å². The van der Waals surface area contributed by atoms with Crippen LogP contribution >= 0.6 is 0 Å². The molecule has 0 N–H and O–H groups in total. The molecule has 0 aliphatic carbocycles. The fraction of sp³-hybridized carbons (Fsp3) is 0.273. The summed E-state index contributed by atoms with van der Waals surface area (Å²) in [4.78, 5) is 11.3. The molecule has 0 aromatic heterocycles. The molecule has 1 aromatic carbocycles. The number of alkyl halides is 5. The van der Waals surface area contributed by atoms with Gasteiger partial charge in [-0.25, -0.2) is 4.79 Å². The molecule has 4 nitrogen and oxygen atoms in total. The zero-order valence-electron chi connectivity index (χ0n) is 9.79. The predicted molar refractivity (Wildman–Crippen MR) is 54.1 cm³/mol. The fourth-order valence-corrected chi connectivity index (χ4v) is 1.38. The summed E-state index contributed by atoms with van der Waals surface area (Å²) in [6.07, 6.45) is -5.08. The first-order valence-electron chi connectivity index (χ1n) is 4.89. The van der Waals surface area contributed by atoms with E-state index in [4.69, 9.17) is 5.26 Å². The van der Waals surface area contributed by atoms with Crippen LogP contribution in [0.1, 0.15) is 21.5 Å². The van der Waals surface area contributed by atoms with Crippen LogP contribution in [0.2, 0.25) is 0 Å². The van der Waals surface area contributed by atoms with Crippen molar-refractivity contribution in [1.29, 1.82) is 5.26 Å². The largest absolute Gasteiger partial charge is 0.465 e. The van der Waals surface area contributed by atoms with Gasteiger partial charge in [0.15, 0.2) is 5.75 Å². The summed E-state index contributed by atoms with van der Waals surface area (Å²) >= 11 is 0. The molecule has 0 heterocycles. The summed E-state index contributed by atoms with van der Waals surface area (Å²) in [5.41, 5.74) is -3.10. The van der Waals surface area contributed by atoms with Crippen molar-refractivity contribution in [3.63, 3.8) is 0 Å². The Morgan fingerprint density at radius 1 is 1.35 bits per heavy atom. The molecule has 0 atom stereocenters. The molecule has 0 amide bonds. The lowest BCUT2D eigenvalue weighted by atomic mass is 10.0. The Morgan fingerprint density at radius 3 is 2.35 bits per heavy atom. The second-order valence-corrected chi connectivity index (χ2v) is 3.38. The minimum Gasteiger partial charge on any atom is -0.465 e. The van der Waals surface area contributed by atoms with E-state index in [0.29, 0.717) is 12.1 Å². The Labute approximate surface area is 109 Å². The van der Waals surface area contributed by atoms with E-state index in [1.54, 1.807) is 0 Å². The molecule has 20 heavy (non-hydrogen) atoms. The average molecular weight is 295 g/mol. The van der Waals surface area contributed by atoms with Crippen molar-refractivity contribution in [3.8, 4) is 11.8 Å². The summed E-state index contributed by atoms with van der Waals surface area (Å²) in [5.74, 6) is -2.71. The second kappa shape index (κ2) is 5.73. The molecule has 1 aromatic rings. The topological polar surface area (TPSA) is 59.3 Å². The van der Waals surface area contributed by atoms with Gasteiger partial charge >= 0.3 is 18.8 Å². The number of esters is 1. The third kappa shape index (κ3) is 3.34. The van der Waals surface area contributed by atoms with Crippen molar-refractivity contribution < 1.29 is 36.2 Å². The van der Waals surface area contributed by atoms with Gasteiger partial charge in [0.1, 0.15) is 5.56 Å². The molecule has 0 radical (unpaired) electrons. The average Bonchev–Trinajstić information content (AvgIpc) is 2.35. The number of nitrogens with zero attached hydrogens (tertiary/aromatic N) is 1. The van der Waals surface area contributed by atoms with Crippen molar-refractivity contribution in [1.82, 2.24) is 0 Å². The molecule has 0 saturated carbocycles. The molecule has 0 bridgehead atoms. The molecule has 0 fully saturated rings. The van der Waals surface area contributed by atoms with Crippen LogP contribution in [-0.4, -0.2) is 19.7 Å². The Balaban J connectivity index is 3.63. The van der Waals surface area contributed by atoms with Gasteiger partial charge < -0.3 is 9.47 Å². The summed E-state index contributed by atoms with van der Waals surface area (Å²) in [7, 11) is 0.848. The van der Waals surface area contributed by atoms with Crippen LogP contribution < -0.4 is 4.74 Å². The quantitative estimate of drug-likeness (QED) is 0.635. The van der Waals surface area contributed by atoms with Gasteiger partial charge in [-0.15, -0.1) is 0 Å². The van der Waals surface area contributed by atoms with E-state index in [1.807, 2.05) is 0 Å². The molecule has 0 aliphatic heterocycles. The van der Waals surface area contributed by atoms with Crippen molar-refractivity contribution >= 4 is 5.97 Å². The number of ether oxygens (including phenoxy) is 2. The maximum atomic E-state index is 12.8. The smallest absolute Gasteiger partial charge is 0.420 e. The number of nitriles is 1. The molecule has 0 saturated heterocycles. The lowest BCUT2D eigenvalue weighted by Crippen LogP contribution is -2.16. The van der Waals surface area contributed by atoms with Gasteiger partial charge in [0.2, 0.25) is 0 Å². The van der Waals surface area contributed by atoms with E-state index in [2.05, 4.69) is 9.47 Å². The highest BCUT2D eigenvalue weighted by atomic mass is 19.4. The number of carbonyl (C=O) groups excluding carboxylic acids is 1. The van der Waals surface area contributed by atoms with Crippen LogP contribution in [0.25, 0.3) is 0 Å². The molecule has 1 rings (SSSR count). The van der Waals surface area contributed by atoms with Gasteiger partial charge in [-0.3, -0.25) is 0 Å². The highest BCUT2D eigenvalue weighted by Crippen LogP contribution is 2.40. The summed E-state index contributed by atoms with van der Waals surface area (Å²) in [5, 5.41) is 8.62. The van der Waals surface area contributed by atoms with Crippen LogP contribution in [0.5, 0.6) is 5.75 Å². The van der Waals surface area contributed by atoms with Crippen molar-refractivity contribution in [2.75, 3.05) is 7.11 Å². The molecular formula is C11H6F5NO3. The van der Waals surface area contributed by atoms with Crippen LogP contribution in [0, 0.1) is 11.3 Å². The predicted octanol–water partition coefficient (Wildman–Crippen LogP) is 2.97. The molecule has 108 valence electrons. The third-order valence-electron chi connectivity index (χ3n) is 2.14. The summed E-state index contributed by atoms with van der Waals surface area (Å²) in [6.45, 7) is -3.58. The molecule has 0 spiro atoms. The first-order valence-corrected chi connectivity index (χ1v) is 4.89. The maximum Gasteiger partial charge on any atom is 0.420 e. The van der Waals surface area contributed by atoms with E-state index < -0.39 is 41.2 Å². The number of benzene rings is 1. The highest BCUT2D eigenvalue weighted by Gasteiger charge is 2.38. The Morgan fingerprint density at radius 2 is 1.95 bits per heavy atom. The van der Waals surface area contributed by atoms with Crippen molar-refractivity contribution in [2.24, 2.45) is 0 Å². The van der Waals surface area contributed by atoms with Gasteiger partial charge in [0.05, 0.1) is 24.3 Å². The third-order valence-corrected chi connectivity index (χ3v) is 2.14. The molecule has 0 aliphatic rings. The lowest BCUT2D eigenvalue weighted by molar-refractivity contribution is -0.141. The minimum atomic E-state index is -5.08. The van der Waals surface area contributed by atoms with Gasteiger partial charge in [0.25, 0.3) is 0 Å². The standard InChI is InChI=1S/C11H6F5NO3/c1-19-9(18)6-2-5(4-17)3-7(11(14,15)16)8(6)20-10(12)13/h2-3,10H,1H3. The van der Waals surface area contributed by atoms with Crippen molar-refractivity contribution in [2.45, 2.75) is 12.8 Å². The van der Waals surface area contributed by atoms with Crippen LogP contribution in [0.4, 0.5) is 22.0 Å². The second-order valence-electron chi connectivity index (χ2n) is 3.38. The van der Waals surface area contributed by atoms with E-state index in [-0.39, 0.29) is 0 Å². The number of rotatable bonds is 3. The zero-order chi connectivity index (χ0) is 15.5. The van der Waals surface area contributed by atoms with Crippen molar-refractivity contribution in [3.05, 3.63) is 28.8 Å². The monoisotopic (exact) mass is 295 g/mol. The van der Waals surface area contributed by atoms with Crippen LogP contribution in [0.15, 0.2) is 12.1 Å². The Bertz CT molecular complexity index is 562.